The van der Waals surface area contributed by atoms with Crippen LogP contribution in [0.4, 0.5) is 0 Å². The van der Waals surface area contributed by atoms with Gasteiger partial charge in [-0.1, -0.05) is 33.1 Å². The van der Waals surface area contributed by atoms with Crippen molar-refractivity contribution in [1.82, 2.24) is 0 Å². The zero-order chi connectivity index (χ0) is 71.8. The summed E-state index contributed by atoms with van der Waals surface area (Å²) >= 11 is -9.97. The van der Waals surface area contributed by atoms with Crippen molar-refractivity contribution in [2.24, 2.45) is 0 Å². The second kappa shape index (κ2) is 24.0. The maximum atomic E-state index is 9.32. The Labute approximate surface area is 602 Å². The van der Waals surface area contributed by atoms with Crippen molar-refractivity contribution in [2.75, 3.05) is 7.11 Å². The van der Waals surface area contributed by atoms with E-state index in [1.807, 2.05) is 0 Å². The van der Waals surface area contributed by atoms with E-state index in [2.05, 4.69) is 333 Å². The van der Waals surface area contributed by atoms with Crippen molar-refractivity contribution in [3.05, 3.63) is 268 Å². The van der Waals surface area contributed by atoms with Crippen LogP contribution in [0.25, 0.3) is 22.3 Å². The van der Waals surface area contributed by atoms with Gasteiger partial charge in [0.2, 0.25) is 0 Å². The fraction of sp³-hybridized carbons (Fsp3) is 0.404. The first-order valence-corrected chi connectivity index (χ1v) is 45.1. The summed E-state index contributed by atoms with van der Waals surface area (Å²) in [5.41, 5.74) is 31.4. The van der Waals surface area contributed by atoms with E-state index in [0.29, 0.717) is 0 Å². The fourth-order valence-electron chi connectivity index (χ4n) is 20.4. The van der Waals surface area contributed by atoms with E-state index in [9.17, 15) is 7.53 Å². The summed E-state index contributed by atoms with van der Waals surface area (Å²) < 4.78 is 30.7. The van der Waals surface area contributed by atoms with E-state index in [0.717, 1.165) is 17.1 Å². The number of unbranched alkanes of at least 4 members (excludes halogenated alkanes) is 2. The number of methoxy groups -OCH3 is 1. The first-order chi connectivity index (χ1) is 46.4. The molecule has 0 N–H and O–H groups in total. The van der Waals surface area contributed by atoms with Gasteiger partial charge in [0.15, 0.2) is 0 Å². The molecule has 2 aliphatic heterocycles. The zero-order valence-electron chi connectivity index (χ0n) is 65.3. The molecule has 5 heteroatoms. The molecule has 3 aliphatic carbocycles. The molecule has 9 aromatic carbocycles. The van der Waals surface area contributed by atoms with Crippen molar-refractivity contribution >= 4 is 44.8 Å². The molecule has 99 heavy (non-hydrogen) atoms. The molecule has 0 saturated heterocycles. The normalized spacial score (nSPS) is 18.4. The third kappa shape index (κ3) is 9.98. The number of aryl methyl sites for hydroxylation is 12. The van der Waals surface area contributed by atoms with Crippen molar-refractivity contribution in [3.8, 4) is 33.8 Å². The Hall–Kier alpha value is -6.63. The Kier molecular flexibility index (Phi) is 17.2. The van der Waals surface area contributed by atoms with Gasteiger partial charge in [0, 0.05) is 0 Å². The van der Waals surface area contributed by atoms with E-state index in [1.54, 1.807) is 0 Å². The molecular formula is C94H112Ge2O3. The molecular weight excluding hydrogens is 1320 g/mol. The Morgan fingerprint density at radius 2 is 0.667 bits per heavy atom. The molecule has 0 radical (unpaired) electrons. The molecule has 0 amide bonds. The standard InChI is InChI=1S/C89H100Ge2O3.C5H12/c1-50-38-54(5)79(55(6)39-50)90(80-56(7)40-51(2)41-57(80)8)88(71-46-62(83(13,14)15)26-30-66(71)67-31-27-63(47-72(67)88)84(16,17)18)70-36-37-87(92-25)78-76(35-34-75(93-90)77(70)78)94-91(81-58(9)42-52(3)43-59(81)10,82-60(11)44-53(4)45-61(82)12)89(87)73-48-64(85(19,20)21)28-32-68(73)69-33-29-65(49-74(69)89)86(22,23)24;1-3-5-4-2/h26-49,70H,1-25H3;3-5H2,1-2H3/t70-,87+;/m0./s1. The molecule has 2 heterocycles. The number of fused-ring (bicyclic) bond motifs is 12. The van der Waals surface area contributed by atoms with Crippen LogP contribution in [0, 0.1) is 83.1 Å². The molecule has 2 atom stereocenters. The van der Waals surface area contributed by atoms with Gasteiger partial charge in [-0.3, -0.25) is 0 Å². The van der Waals surface area contributed by atoms with Crippen LogP contribution < -0.4 is 25.1 Å². The zero-order valence-corrected chi connectivity index (χ0v) is 69.5. The summed E-state index contributed by atoms with van der Waals surface area (Å²) in [6.45, 7) is 61.4. The number of hydrogen-bond acceptors (Lipinski definition) is 3. The summed E-state index contributed by atoms with van der Waals surface area (Å²) in [6.07, 6.45) is 9.53. The van der Waals surface area contributed by atoms with Crippen molar-refractivity contribution < 1.29 is 12.3 Å². The van der Waals surface area contributed by atoms with Crippen LogP contribution in [0.3, 0.4) is 0 Å². The van der Waals surface area contributed by atoms with Gasteiger partial charge < -0.3 is 0 Å². The molecule has 0 bridgehead atoms. The number of benzene rings is 9. The molecule has 14 rings (SSSR count). The summed E-state index contributed by atoms with van der Waals surface area (Å²) in [5.74, 6) is 1.58. The van der Waals surface area contributed by atoms with E-state index < -0.39 is 41.3 Å². The molecule has 5 aliphatic rings. The van der Waals surface area contributed by atoms with Gasteiger partial charge in [0.25, 0.3) is 0 Å². The average molecular weight is 1440 g/mol. The summed E-state index contributed by atoms with van der Waals surface area (Å²) in [7, 11) is 2.06. The number of rotatable bonds is 7. The van der Waals surface area contributed by atoms with Crippen LogP contribution >= 0.6 is 0 Å². The number of allylic oxidation sites excluding steroid dienone is 1. The van der Waals surface area contributed by atoms with Crippen LogP contribution in [0.5, 0.6) is 11.5 Å². The van der Waals surface area contributed by atoms with Gasteiger partial charge in [-0.25, -0.2) is 0 Å². The van der Waals surface area contributed by atoms with Crippen molar-refractivity contribution in [1.29, 1.82) is 0 Å². The second-order valence-electron chi connectivity index (χ2n) is 35.2. The minimum atomic E-state index is -5.06. The number of ether oxygens (including phenoxy) is 1. The first kappa shape index (κ1) is 70.8. The predicted molar refractivity (Wildman–Crippen MR) is 426 cm³/mol. The van der Waals surface area contributed by atoms with Crippen molar-refractivity contribution in [3.63, 3.8) is 0 Å². The van der Waals surface area contributed by atoms with Crippen LogP contribution in [0.2, 0.25) is 0 Å². The molecule has 3 nitrogen and oxygen atoms in total. The quantitative estimate of drug-likeness (QED) is 0.118. The third-order valence-electron chi connectivity index (χ3n) is 23.9. The van der Waals surface area contributed by atoms with E-state index in [4.69, 9.17) is 4.74 Å². The number of hydrogen-bond donors (Lipinski definition) is 0. The molecule has 0 saturated carbocycles. The monoisotopic (exact) mass is 1440 g/mol. The molecule has 0 unspecified atom stereocenters. The summed E-state index contributed by atoms with van der Waals surface area (Å²) in [5, 5.41) is 0. The Bertz CT molecular complexity index is 4530. The second-order valence-corrected chi connectivity index (χ2v) is 49.2. The van der Waals surface area contributed by atoms with Gasteiger partial charge >= 0.3 is 574 Å². The van der Waals surface area contributed by atoms with Gasteiger partial charge in [-0.05, 0) is 0 Å². The average Bonchev–Trinajstić information content (AvgIpc) is 1.60. The van der Waals surface area contributed by atoms with Gasteiger partial charge in [0.1, 0.15) is 0 Å². The van der Waals surface area contributed by atoms with Crippen LogP contribution in [0.1, 0.15) is 245 Å². The Morgan fingerprint density at radius 1 is 0.374 bits per heavy atom. The van der Waals surface area contributed by atoms with E-state index >= 15 is 0 Å². The summed E-state index contributed by atoms with van der Waals surface area (Å²) in [6, 6.07) is 54.8. The van der Waals surface area contributed by atoms with Crippen LogP contribution in [0.15, 0.2) is 146 Å². The summed E-state index contributed by atoms with van der Waals surface area (Å²) in [4.78, 5) is 0. The molecule has 0 fully saturated rings. The van der Waals surface area contributed by atoms with Crippen molar-refractivity contribution in [2.45, 2.75) is 241 Å². The first-order valence-electron chi connectivity index (χ1n) is 37.1. The van der Waals surface area contributed by atoms with Gasteiger partial charge in [-0.15, -0.1) is 0 Å². The van der Waals surface area contributed by atoms with Gasteiger partial charge in [-0.2, -0.15) is 0 Å². The van der Waals surface area contributed by atoms with Gasteiger partial charge in [0.05, 0.1) is 0 Å². The maximum absolute atomic E-state index is 9.32. The molecule has 514 valence electrons. The topological polar surface area (TPSA) is 27.7 Å². The van der Waals surface area contributed by atoms with Crippen LogP contribution in [-0.2, 0) is 40.5 Å². The van der Waals surface area contributed by atoms with E-state index in [-0.39, 0.29) is 27.6 Å². The molecule has 9 aromatic rings. The predicted octanol–water partition coefficient (Wildman–Crippen LogP) is 21.6. The molecule has 0 aromatic heterocycles. The van der Waals surface area contributed by atoms with Crippen LogP contribution in [-0.4, -0.2) is 34.3 Å². The molecule has 2 spiro atoms. The third-order valence-corrected chi connectivity index (χ3v) is 46.9. The minimum absolute atomic E-state index is 0.168. The Morgan fingerprint density at radius 3 is 0.970 bits per heavy atom. The fourth-order valence-corrected chi connectivity index (χ4v) is 46.9. The van der Waals surface area contributed by atoms with E-state index in [1.165, 1.54) is 176 Å². The Balaban J connectivity index is 0.00000170. The SMILES string of the molecule is CCCCC.CO[C@]12C=C[C@H]3c4c(ccc(c41)[O][Ge]([c]1c(C)cc(C)cc1C)([c]1c(C)cc(C)cc1C)[C]21c2cc(C(C)(C)C)ccc2-c2ccc(C(C)(C)C)cc21)[O][Ge]([c]1c(C)cc(C)cc1C)([c]1c(C)cc(C)cc1C)[C]31c2cc(C(C)(C)C)ccc2-c2ccc(C(C)(C)C)cc21.